The predicted molar refractivity (Wildman–Crippen MR) is 255 cm³/mol. The zero-order chi connectivity index (χ0) is 42.3. The van der Waals surface area contributed by atoms with E-state index in [9.17, 15) is 20.1 Å². The molecule has 1 amide bonds. The number of hydrogen-bond donors (Lipinski definition) is 4. The van der Waals surface area contributed by atoms with E-state index < -0.39 is 18.2 Å². The SMILES string of the molecule is CCCCCCCCCCCCCC/C=C\CCCCCCCCCCCCCCCCCC(O)CC(=O)NC(CO)C(O)CCCCCCCCCCCCCC. The predicted octanol–water partition coefficient (Wildman–Crippen LogP) is 15.9. The van der Waals surface area contributed by atoms with Gasteiger partial charge in [-0.3, -0.25) is 4.79 Å². The highest BCUT2D eigenvalue weighted by molar-refractivity contribution is 5.76. The number of aliphatic hydroxyl groups is 3. The molecule has 3 unspecified atom stereocenters. The van der Waals surface area contributed by atoms with Gasteiger partial charge in [-0.15, -0.1) is 0 Å². The van der Waals surface area contributed by atoms with Gasteiger partial charge in [0.2, 0.25) is 5.91 Å². The van der Waals surface area contributed by atoms with Crippen LogP contribution in [-0.2, 0) is 4.79 Å². The average molecular weight is 820 g/mol. The Kier molecular flexibility index (Phi) is 48.0. The maximum atomic E-state index is 12.5. The van der Waals surface area contributed by atoms with Gasteiger partial charge in [-0.1, -0.05) is 264 Å². The third kappa shape index (κ3) is 44.6. The molecule has 0 heterocycles. The van der Waals surface area contributed by atoms with Crippen LogP contribution < -0.4 is 5.32 Å². The largest absolute Gasteiger partial charge is 0.394 e. The fraction of sp³-hybridized carbons (Fsp3) is 0.943. The topological polar surface area (TPSA) is 89.8 Å². The van der Waals surface area contributed by atoms with E-state index in [1.165, 1.54) is 238 Å². The van der Waals surface area contributed by atoms with Gasteiger partial charge in [0.25, 0.3) is 0 Å². The van der Waals surface area contributed by atoms with E-state index in [-0.39, 0.29) is 18.9 Å². The van der Waals surface area contributed by atoms with Gasteiger partial charge in [0, 0.05) is 0 Å². The van der Waals surface area contributed by atoms with Crippen LogP contribution in [-0.4, -0.2) is 46.1 Å². The molecule has 0 aliphatic rings. The molecule has 0 spiro atoms. The highest BCUT2D eigenvalue weighted by atomic mass is 16.3. The number of hydrogen-bond acceptors (Lipinski definition) is 4. The first kappa shape index (κ1) is 57.1. The summed E-state index contributed by atoms with van der Waals surface area (Å²) in [5, 5.41) is 33.5. The van der Waals surface area contributed by atoms with Crippen molar-refractivity contribution in [1.82, 2.24) is 5.32 Å². The molecule has 58 heavy (non-hydrogen) atoms. The Morgan fingerprint density at radius 2 is 0.690 bits per heavy atom. The summed E-state index contributed by atoms with van der Waals surface area (Å²) in [5.41, 5.74) is 0. The zero-order valence-electron chi connectivity index (χ0n) is 39.5. The van der Waals surface area contributed by atoms with Crippen molar-refractivity contribution in [2.75, 3.05) is 6.61 Å². The highest BCUT2D eigenvalue weighted by Gasteiger charge is 2.21. The summed E-state index contributed by atoms with van der Waals surface area (Å²) in [7, 11) is 0. The second-order valence-corrected chi connectivity index (χ2v) is 18.5. The standard InChI is InChI=1S/C53H105NO4/c1-3-5-7-9-11-13-15-17-18-19-20-21-22-23-24-25-26-27-28-29-30-31-32-33-34-35-36-38-40-42-44-46-50(56)48-53(58)54-51(49-55)52(57)47-45-43-41-39-37-16-14-12-10-8-6-4-2/h23-24,50-52,55-57H,3-22,25-49H2,1-2H3,(H,54,58)/b24-23-. The minimum absolute atomic E-state index is 0.0407. The van der Waals surface area contributed by atoms with Gasteiger partial charge in [-0.05, 0) is 38.5 Å². The normalized spacial score (nSPS) is 13.4. The number of amides is 1. The first-order chi connectivity index (χ1) is 28.5. The van der Waals surface area contributed by atoms with E-state index in [1.807, 2.05) is 0 Å². The van der Waals surface area contributed by atoms with Crippen LogP contribution >= 0.6 is 0 Å². The van der Waals surface area contributed by atoms with Gasteiger partial charge < -0.3 is 20.6 Å². The molecule has 0 saturated carbocycles. The van der Waals surface area contributed by atoms with Crippen molar-refractivity contribution < 1.29 is 20.1 Å². The Hall–Kier alpha value is -0.910. The molecule has 5 heteroatoms. The van der Waals surface area contributed by atoms with Crippen molar-refractivity contribution in [3.63, 3.8) is 0 Å². The van der Waals surface area contributed by atoms with Gasteiger partial charge in [0.1, 0.15) is 0 Å². The first-order valence-corrected chi connectivity index (χ1v) is 26.5. The zero-order valence-corrected chi connectivity index (χ0v) is 39.5. The van der Waals surface area contributed by atoms with Crippen molar-refractivity contribution in [3.8, 4) is 0 Å². The van der Waals surface area contributed by atoms with E-state index in [4.69, 9.17) is 0 Å². The summed E-state index contributed by atoms with van der Waals surface area (Å²) in [5.74, 6) is -0.279. The summed E-state index contributed by atoms with van der Waals surface area (Å²) in [4.78, 5) is 12.5. The Balaban J connectivity index is 3.46. The van der Waals surface area contributed by atoms with Gasteiger partial charge in [0.15, 0.2) is 0 Å². The van der Waals surface area contributed by atoms with Crippen molar-refractivity contribution in [1.29, 1.82) is 0 Å². The summed E-state index contributed by atoms with van der Waals surface area (Å²) < 4.78 is 0. The van der Waals surface area contributed by atoms with E-state index >= 15 is 0 Å². The van der Waals surface area contributed by atoms with Crippen LogP contribution in [0.25, 0.3) is 0 Å². The van der Waals surface area contributed by atoms with Crippen molar-refractivity contribution in [2.45, 2.75) is 315 Å². The smallest absolute Gasteiger partial charge is 0.222 e. The second kappa shape index (κ2) is 48.8. The number of allylic oxidation sites excluding steroid dienone is 2. The third-order valence-electron chi connectivity index (χ3n) is 12.6. The lowest BCUT2D eigenvalue weighted by Crippen LogP contribution is -2.46. The summed E-state index contributed by atoms with van der Waals surface area (Å²) in [6, 6.07) is -0.654. The molecule has 3 atom stereocenters. The van der Waals surface area contributed by atoms with Crippen molar-refractivity contribution in [3.05, 3.63) is 12.2 Å². The van der Waals surface area contributed by atoms with Crippen LogP contribution in [0.3, 0.4) is 0 Å². The number of aliphatic hydroxyl groups excluding tert-OH is 3. The molecular weight excluding hydrogens is 715 g/mol. The molecule has 4 N–H and O–H groups in total. The van der Waals surface area contributed by atoms with Crippen molar-refractivity contribution in [2.24, 2.45) is 0 Å². The van der Waals surface area contributed by atoms with Crippen LogP contribution in [0.1, 0.15) is 296 Å². The summed E-state index contributed by atoms with van der Waals surface area (Å²) in [6.45, 7) is 4.28. The minimum Gasteiger partial charge on any atom is -0.394 e. The molecule has 0 aliphatic carbocycles. The van der Waals surface area contributed by atoms with Gasteiger partial charge in [0.05, 0.1) is 31.3 Å². The number of nitrogens with one attached hydrogen (secondary N) is 1. The van der Waals surface area contributed by atoms with Crippen LogP contribution in [0.4, 0.5) is 0 Å². The van der Waals surface area contributed by atoms with Crippen LogP contribution in [0.5, 0.6) is 0 Å². The fourth-order valence-electron chi connectivity index (χ4n) is 8.52. The molecule has 0 aromatic rings. The van der Waals surface area contributed by atoms with E-state index in [0.717, 1.165) is 25.7 Å². The molecule has 0 rings (SSSR count). The lowest BCUT2D eigenvalue weighted by atomic mass is 10.0. The Morgan fingerprint density at radius 1 is 0.414 bits per heavy atom. The van der Waals surface area contributed by atoms with Gasteiger partial charge in [-0.25, -0.2) is 0 Å². The molecule has 0 fully saturated rings. The average Bonchev–Trinajstić information content (AvgIpc) is 3.22. The van der Waals surface area contributed by atoms with Gasteiger partial charge in [-0.2, -0.15) is 0 Å². The van der Waals surface area contributed by atoms with Gasteiger partial charge >= 0.3 is 0 Å². The molecule has 0 aromatic heterocycles. The maximum absolute atomic E-state index is 12.5. The quantitative estimate of drug-likeness (QED) is 0.0364. The fourth-order valence-corrected chi connectivity index (χ4v) is 8.52. The lowest BCUT2D eigenvalue weighted by Gasteiger charge is -2.23. The third-order valence-corrected chi connectivity index (χ3v) is 12.6. The van der Waals surface area contributed by atoms with Crippen LogP contribution in [0.15, 0.2) is 12.2 Å². The Morgan fingerprint density at radius 3 is 1.00 bits per heavy atom. The van der Waals surface area contributed by atoms with Crippen molar-refractivity contribution >= 4 is 5.91 Å². The van der Waals surface area contributed by atoms with Crippen LogP contribution in [0.2, 0.25) is 0 Å². The highest BCUT2D eigenvalue weighted by Crippen LogP contribution is 2.17. The Labute approximate surface area is 363 Å². The number of unbranched alkanes of at least 4 members (excludes halogenated alkanes) is 38. The van der Waals surface area contributed by atoms with E-state index in [0.29, 0.717) is 12.8 Å². The molecule has 0 bridgehead atoms. The summed E-state index contributed by atoms with van der Waals surface area (Å²) >= 11 is 0. The molecule has 5 nitrogen and oxygen atoms in total. The number of rotatable bonds is 49. The minimum atomic E-state index is -0.745. The van der Waals surface area contributed by atoms with E-state index in [1.54, 1.807) is 0 Å². The monoisotopic (exact) mass is 820 g/mol. The lowest BCUT2D eigenvalue weighted by molar-refractivity contribution is -0.125. The first-order valence-electron chi connectivity index (χ1n) is 26.5. The summed E-state index contributed by atoms with van der Waals surface area (Å²) in [6.07, 6.45) is 59.4. The molecule has 0 aliphatic heterocycles. The second-order valence-electron chi connectivity index (χ2n) is 18.5. The molecule has 0 radical (unpaired) electrons. The Bertz CT molecular complexity index is 818. The van der Waals surface area contributed by atoms with E-state index in [2.05, 4.69) is 31.3 Å². The maximum Gasteiger partial charge on any atom is 0.222 e. The number of carbonyl (C=O) groups is 1. The molecular formula is C53H105NO4. The molecule has 0 aromatic carbocycles. The molecule has 0 saturated heterocycles. The number of carbonyl (C=O) groups excluding carboxylic acids is 1. The molecule has 346 valence electrons. The van der Waals surface area contributed by atoms with Crippen LogP contribution in [0, 0.1) is 0 Å².